The van der Waals surface area contributed by atoms with Crippen LogP contribution < -0.4 is 10.6 Å². The Morgan fingerprint density at radius 3 is 2.29 bits per heavy atom. The third kappa shape index (κ3) is 6.14. The van der Waals surface area contributed by atoms with Crippen molar-refractivity contribution in [1.29, 1.82) is 0 Å². The lowest BCUT2D eigenvalue weighted by atomic mass is 9.98. The van der Waals surface area contributed by atoms with E-state index >= 15 is 0 Å². The van der Waals surface area contributed by atoms with Crippen molar-refractivity contribution in [1.82, 2.24) is 5.32 Å². The van der Waals surface area contributed by atoms with Crippen molar-refractivity contribution in [2.24, 2.45) is 0 Å². The molecular weight excluding hydrogens is 444 g/mol. The monoisotopic (exact) mass is 470 g/mol. The van der Waals surface area contributed by atoms with Crippen LogP contribution >= 0.6 is 0 Å². The molecule has 4 rings (SSSR count). The first-order valence-electron chi connectivity index (χ1n) is 11.4. The van der Waals surface area contributed by atoms with Gasteiger partial charge in [-0.2, -0.15) is 0 Å². The third-order valence-electron chi connectivity index (χ3n) is 5.84. The lowest BCUT2D eigenvalue weighted by Crippen LogP contribution is -2.23. The Labute approximate surface area is 203 Å². The van der Waals surface area contributed by atoms with Gasteiger partial charge in [-0.15, -0.1) is 0 Å². The Bertz CT molecular complexity index is 1220. The molecule has 178 valence electrons. The van der Waals surface area contributed by atoms with Gasteiger partial charge in [0.2, 0.25) is 5.91 Å². The number of benzene rings is 3. The number of carbonyl (C=O) groups excluding carboxylic acids is 2. The highest BCUT2D eigenvalue weighted by Gasteiger charge is 2.29. The Hall–Kier alpha value is -4.39. The zero-order valence-corrected chi connectivity index (χ0v) is 19.1. The lowest BCUT2D eigenvalue weighted by Gasteiger charge is -2.15. The number of fused-ring (bicyclic) bond motifs is 3. The van der Waals surface area contributed by atoms with E-state index in [1.165, 1.54) is 17.2 Å². The van der Waals surface area contributed by atoms with Gasteiger partial charge in [-0.3, -0.25) is 10.1 Å². The number of aryl methyl sites for hydroxylation is 1. The molecular formula is C28H26N2O5. The normalized spacial score (nSPS) is 12.1. The topological polar surface area (TPSA) is 105 Å². The minimum Gasteiger partial charge on any atom is -0.478 e. The van der Waals surface area contributed by atoms with Gasteiger partial charge in [-0.05, 0) is 46.4 Å². The van der Waals surface area contributed by atoms with Crippen molar-refractivity contribution in [3.8, 4) is 11.1 Å². The van der Waals surface area contributed by atoms with E-state index in [1.54, 1.807) is 12.1 Å². The van der Waals surface area contributed by atoms with Crippen molar-refractivity contribution < 1.29 is 24.2 Å². The fraction of sp³-hybridized carbons (Fsp3) is 0.179. The van der Waals surface area contributed by atoms with Gasteiger partial charge in [0.05, 0.1) is 0 Å². The molecule has 0 heterocycles. The fourth-order valence-electron chi connectivity index (χ4n) is 4.24. The summed E-state index contributed by atoms with van der Waals surface area (Å²) in [6, 6.07) is 23.6. The summed E-state index contributed by atoms with van der Waals surface area (Å²) in [6.07, 6.45) is 2.55. The molecule has 0 fully saturated rings. The van der Waals surface area contributed by atoms with Gasteiger partial charge in [-0.25, -0.2) is 9.59 Å². The molecule has 0 saturated heterocycles. The van der Waals surface area contributed by atoms with Crippen LogP contribution in [0.2, 0.25) is 0 Å². The summed E-state index contributed by atoms with van der Waals surface area (Å²) in [4.78, 5) is 34.9. The molecule has 7 heteroatoms. The molecule has 0 radical (unpaired) electrons. The summed E-state index contributed by atoms with van der Waals surface area (Å²) in [6.45, 7) is 0.393. The molecule has 0 spiro atoms. The van der Waals surface area contributed by atoms with Gasteiger partial charge >= 0.3 is 12.1 Å². The molecule has 3 N–H and O–H groups in total. The van der Waals surface area contributed by atoms with Gasteiger partial charge < -0.3 is 15.2 Å². The highest BCUT2D eigenvalue weighted by atomic mass is 16.5. The quantitative estimate of drug-likeness (QED) is 0.392. The molecule has 0 aliphatic heterocycles. The molecule has 2 amide bonds. The van der Waals surface area contributed by atoms with Crippen molar-refractivity contribution in [2.75, 3.05) is 18.5 Å². The Balaban J connectivity index is 1.29. The number of hydrogen-bond donors (Lipinski definition) is 3. The second-order valence-corrected chi connectivity index (χ2v) is 8.20. The number of anilines is 1. The summed E-state index contributed by atoms with van der Waals surface area (Å²) in [5.41, 5.74) is 6.13. The molecule has 0 aromatic heterocycles. The van der Waals surface area contributed by atoms with Crippen LogP contribution in [0.3, 0.4) is 0 Å². The number of carbonyl (C=O) groups is 3. The van der Waals surface area contributed by atoms with Crippen LogP contribution in [-0.4, -0.2) is 36.2 Å². The van der Waals surface area contributed by atoms with Crippen LogP contribution in [-0.2, 0) is 20.7 Å². The van der Waals surface area contributed by atoms with E-state index in [2.05, 4.69) is 34.9 Å². The van der Waals surface area contributed by atoms with Crippen LogP contribution in [0.15, 0.2) is 84.9 Å². The van der Waals surface area contributed by atoms with E-state index in [9.17, 15) is 14.4 Å². The molecule has 1 aliphatic rings. The largest absolute Gasteiger partial charge is 0.478 e. The van der Waals surface area contributed by atoms with Gasteiger partial charge in [0.1, 0.15) is 6.61 Å². The number of carboxylic acid groups (broad SMARTS) is 1. The fourth-order valence-corrected chi connectivity index (χ4v) is 4.24. The minimum absolute atomic E-state index is 0.0108. The summed E-state index contributed by atoms with van der Waals surface area (Å²) in [5, 5.41) is 13.9. The average molecular weight is 471 g/mol. The first-order valence-corrected chi connectivity index (χ1v) is 11.4. The zero-order valence-electron chi connectivity index (χ0n) is 19.1. The van der Waals surface area contributed by atoms with E-state index < -0.39 is 12.1 Å². The van der Waals surface area contributed by atoms with E-state index in [1.807, 2.05) is 36.4 Å². The molecule has 0 atom stereocenters. The second kappa shape index (κ2) is 11.2. The van der Waals surface area contributed by atoms with E-state index in [0.29, 0.717) is 12.1 Å². The van der Waals surface area contributed by atoms with Gasteiger partial charge in [0.25, 0.3) is 0 Å². The minimum atomic E-state index is -1.06. The zero-order chi connectivity index (χ0) is 24.6. The average Bonchev–Trinajstić information content (AvgIpc) is 3.18. The van der Waals surface area contributed by atoms with Crippen LogP contribution in [0.5, 0.6) is 0 Å². The molecule has 0 saturated carbocycles. The summed E-state index contributed by atoms with van der Waals surface area (Å²) in [7, 11) is 0. The molecule has 0 unspecified atom stereocenters. The van der Waals surface area contributed by atoms with E-state index in [-0.39, 0.29) is 31.4 Å². The van der Waals surface area contributed by atoms with Crippen molar-refractivity contribution in [2.45, 2.75) is 18.8 Å². The molecule has 3 aromatic carbocycles. The smallest absolute Gasteiger partial charge is 0.411 e. The number of nitrogens with one attached hydrogen (secondary N) is 2. The van der Waals surface area contributed by atoms with Crippen LogP contribution in [0, 0.1) is 0 Å². The number of aliphatic carboxylic acids is 1. The summed E-state index contributed by atoms with van der Waals surface area (Å²) >= 11 is 0. The van der Waals surface area contributed by atoms with Gasteiger partial charge in [-0.1, -0.05) is 66.7 Å². The van der Waals surface area contributed by atoms with E-state index in [0.717, 1.165) is 22.8 Å². The highest BCUT2D eigenvalue weighted by Crippen LogP contribution is 2.44. The van der Waals surface area contributed by atoms with Crippen LogP contribution in [0.4, 0.5) is 10.5 Å². The van der Waals surface area contributed by atoms with Crippen molar-refractivity contribution >= 4 is 23.7 Å². The number of amides is 2. The molecule has 3 aromatic rings. The van der Waals surface area contributed by atoms with Crippen LogP contribution in [0.1, 0.15) is 29.0 Å². The maximum absolute atomic E-state index is 12.5. The predicted molar refractivity (Wildman–Crippen MR) is 133 cm³/mol. The number of hydrogen-bond acceptors (Lipinski definition) is 4. The van der Waals surface area contributed by atoms with Gasteiger partial charge in [0, 0.05) is 30.6 Å². The SMILES string of the molecule is O=C(O)/C=C/CNC(=O)CCc1cccc(NC(=O)OCC2c3ccccc3-c3ccccc32)c1. The Kier molecular flexibility index (Phi) is 7.57. The van der Waals surface area contributed by atoms with Gasteiger partial charge in [0.15, 0.2) is 0 Å². The summed E-state index contributed by atoms with van der Waals surface area (Å²) in [5.74, 6) is -1.25. The van der Waals surface area contributed by atoms with Crippen molar-refractivity contribution in [3.63, 3.8) is 0 Å². The summed E-state index contributed by atoms with van der Waals surface area (Å²) < 4.78 is 5.59. The molecule has 35 heavy (non-hydrogen) atoms. The standard InChI is InChI=1S/C28H26N2O5/c31-26(29-16-6-13-27(32)33)15-14-19-7-5-8-20(17-19)30-28(34)35-18-25-23-11-3-1-9-21(23)22-10-2-4-12-24(22)25/h1-13,17,25H,14-16,18H2,(H,29,31)(H,30,34)(H,32,33)/b13-6+. The second-order valence-electron chi connectivity index (χ2n) is 8.20. The number of carboxylic acids is 1. The molecule has 0 bridgehead atoms. The number of ether oxygens (including phenoxy) is 1. The van der Waals surface area contributed by atoms with Crippen LogP contribution in [0.25, 0.3) is 11.1 Å². The Morgan fingerprint density at radius 2 is 1.60 bits per heavy atom. The van der Waals surface area contributed by atoms with Crippen molar-refractivity contribution in [3.05, 3.63) is 102 Å². The third-order valence-corrected chi connectivity index (χ3v) is 5.84. The molecule has 1 aliphatic carbocycles. The maximum atomic E-state index is 12.5. The predicted octanol–water partition coefficient (Wildman–Crippen LogP) is 4.74. The Morgan fingerprint density at radius 1 is 0.914 bits per heavy atom. The first-order chi connectivity index (χ1) is 17.0. The molecule has 7 nitrogen and oxygen atoms in total. The highest BCUT2D eigenvalue weighted by molar-refractivity contribution is 5.85. The first kappa shape index (κ1) is 23.8. The number of rotatable bonds is 9. The van der Waals surface area contributed by atoms with E-state index in [4.69, 9.17) is 9.84 Å². The maximum Gasteiger partial charge on any atom is 0.411 e. The lowest BCUT2D eigenvalue weighted by molar-refractivity contribution is -0.131.